The molecule has 29 heavy (non-hydrogen) atoms. The zero-order valence-corrected chi connectivity index (χ0v) is 16.6. The van der Waals surface area contributed by atoms with Crippen LogP contribution in [0.4, 0.5) is 5.82 Å². The molecule has 148 valence electrons. The van der Waals surface area contributed by atoms with Gasteiger partial charge in [-0.1, -0.05) is 12.1 Å². The fraction of sp³-hybridized carbons (Fsp3) is 0.381. The van der Waals surface area contributed by atoms with E-state index in [1.807, 2.05) is 49.2 Å². The molecule has 2 saturated heterocycles. The third kappa shape index (κ3) is 3.04. The number of fused-ring (bicyclic) bond motifs is 1. The maximum Gasteiger partial charge on any atom is 0.256 e. The number of amides is 1. The van der Waals surface area contributed by atoms with Crippen molar-refractivity contribution in [3.05, 3.63) is 59.8 Å². The monoisotopic (exact) mass is 389 g/mol. The van der Waals surface area contributed by atoms with Crippen molar-refractivity contribution in [1.82, 2.24) is 29.9 Å². The molecular weight excluding hydrogens is 366 g/mol. The second-order valence-electron chi connectivity index (χ2n) is 7.75. The fourth-order valence-electron chi connectivity index (χ4n) is 4.25. The highest BCUT2D eigenvalue weighted by Gasteiger charge is 2.44. The van der Waals surface area contributed by atoms with Gasteiger partial charge in [0.15, 0.2) is 0 Å². The van der Waals surface area contributed by atoms with Crippen molar-refractivity contribution in [3.8, 4) is 5.69 Å². The molecule has 0 spiro atoms. The van der Waals surface area contributed by atoms with Crippen molar-refractivity contribution in [1.29, 1.82) is 0 Å². The molecule has 0 bridgehead atoms. The van der Waals surface area contributed by atoms with Crippen LogP contribution in [0.3, 0.4) is 0 Å². The molecule has 8 nitrogen and oxygen atoms in total. The highest BCUT2D eigenvalue weighted by molar-refractivity contribution is 5.97. The summed E-state index contributed by atoms with van der Waals surface area (Å²) in [7, 11) is 0. The van der Waals surface area contributed by atoms with Crippen LogP contribution in [0, 0.1) is 19.8 Å². The number of nitrogens with zero attached hydrogens (tertiary/aromatic N) is 7. The average molecular weight is 389 g/mol. The van der Waals surface area contributed by atoms with Crippen LogP contribution >= 0.6 is 0 Å². The number of carbonyl (C=O) groups excluding carboxylic acids is 1. The van der Waals surface area contributed by atoms with Gasteiger partial charge in [0.2, 0.25) is 0 Å². The Kier molecular flexibility index (Phi) is 4.26. The van der Waals surface area contributed by atoms with Gasteiger partial charge in [0.25, 0.3) is 5.91 Å². The van der Waals surface area contributed by atoms with Gasteiger partial charge in [0.1, 0.15) is 5.82 Å². The minimum absolute atomic E-state index is 0.0226. The van der Waals surface area contributed by atoms with Gasteiger partial charge < -0.3 is 9.80 Å². The molecule has 4 heterocycles. The molecular formula is C21H23N7O. The quantitative estimate of drug-likeness (QED) is 0.682. The Balaban J connectivity index is 1.37. The van der Waals surface area contributed by atoms with Gasteiger partial charge in [0, 0.05) is 25.6 Å². The van der Waals surface area contributed by atoms with Crippen LogP contribution < -0.4 is 4.90 Å². The summed E-state index contributed by atoms with van der Waals surface area (Å²) in [6.45, 7) is 6.40. The Morgan fingerprint density at radius 2 is 1.86 bits per heavy atom. The van der Waals surface area contributed by atoms with Crippen LogP contribution in [0.1, 0.15) is 28.2 Å². The molecule has 0 N–H and O–H groups in total. The van der Waals surface area contributed by atoms with E-state index in [0.29, 0.717) is 29.8 Å². The standard InChI is InChI=1S/C21H23N7O/c1-14-15(2)25-20(11-22-14)27-12-16-7-10-26(13-19(16)27)21(29)17-5-3-4-6-18(17)28-23-8-9-24-28/h3-6,8-9,11,16,19H,7,10,12-13H2,1-2H3/t16-,19-/m0/s1. The molecule has 0 saturated carbocycles. The van der Waals surface area contributed by atoms with E-state index >= 15 is 0 Å². The number of hydrogen-bond donors (Lipinski definition) is 0. The molecule has 2 aromatic heterocycles. The molecule has 2 fully saturated rings. The van der Waals surface area contributed by atoms with Crippen molar-refractivity contribution < 1.29 is 4.79 Å². The highest BCUT2D eigenvalue weighted by Crippen LogP contribution is 2.36. The molecule has 0 aliphatic carbocycles. The van der Waals surface area contributed by atoms with E-state index in [0.717, 1.165) is 36.7 Å². The highest BCUT2D eigenvalue weighted by atomic mass is 16.2. The van der Waals surface area contributed by atoms with Gasteiger partial charge in [0.05, 0.1) is 47.3 Å². The summed E-state index contributed by atoms with van der Waals surface area (Å²) in [6.07, 6.45) is 6.08. The predicted molar refractivity (Wildman–Crippen MR) is 108 cm³/mol. The molecule has 3 aromatic rings. The van der Waals surface area contributed by atoms with Gasteiger partial charge in [-0.05, 0) is 32.4 Å². The van der Waals surface area contributed by atoms with Gasteiger partial charge >= 0.3 is 0 Å². The van der Waals surface area contributed by atoms with Crippen LogP contribution in [0.5, 0.6) is 0 Å². The molecule has 2 aliphatic heterocycles. The van der Waals surface area contributed by atoms with Crippen LogP contribution in [-0.4, -0.2) is 61.4 Å². The lowest BCUT2D eigenvalue weighted by molar-refractivity contribution is 0.0590. The molecule has 0 radical (unpaired) electrons. The van der Waals surface area contributed by atoms with Crippen molar-refractivity contribution in [2.75, 3.05) is 24.5 Å². The number of likely N-dealkylation sites (tertiary alicyclic amines) is 1. The van der Waals surface area contributed by atoms with Crippen LogP contribution in [0.2, 0.25) is 0 Å². The van der Waals surface area contributed by atoms with Crippen LogP contribution in [-0.2, 0) is 0 Å². The van der Waals surface area contributed by atoms with Crippen molar-refractivity contribution >= 4 is 11.7 Å². The van der Waals surface area contributed by atoms with E-state index in [2.05, 4.69) is 20.1 Å². The molecule has 1 amide bonds. The van der Waals surface area contributed by atoms with Crippen LogP contribution in [0.25, 0.3) is 5.69 Å². The molecule has 1 aromatic carbocycles. The summed E-state index contributed by atoms with van der Waals surface area (Å²) in [4.78, 5) is 28.2. The number of rotatable bonds is 3. The third-order valence-corrected chi connectivity index (χ3v) is 6.08. The molecule has 0 unspecified atom stereocenters. The van der Waals surface area contributed by atoms with Gasteiger partial charge in [-0.15, -0.1) is 0 Å². The summed E-state index contributed by atoms with van der Waals surface area (Å²) in [6, 6.07) is 7.79. The number of hydrogen-bond acceptors (Lipinski definition) is 6. The normalized spacial score (nSPS) is 20.9. The minimum Gasteiger partial charge on any atom is -0.350 e. The maximum absolute atomic E-state index is 13.3. The number of aryl methyl sites for hydroxylation is 2. The Hall–Kier alpha value is -3.29. The van der Waals surface area contributed by atoms with Gasteiger partial charge in [-0.3, -0.25) is 9.78 Å². The summed E-state index contributed by atoms with van der Waals surface area (Å²) in [5.74, 6) is 1.53. The summed E-state index contributed by atoms with van der Waals surface area (Å²) < 4.78 is 0. The third-order valence-electron chi connectivity index (χ3n) is 6.08. The van der Waals surface area contributed by atoms with E-state index in [1.165, 1.54) is 4.80 Å². The second-order valence-corrected chi connectivity index (χ2v) is 7.75. The molecule has 5 rings (SSSR count). The fourth-order valence-corrected chi connectivity index (χ4v) is 4.25. The van der Waals surface area contributed by atoms with E-state index in [1.54, 1.807) is 12.4 Å². The Morgan fingerprint density at radius 3 is 2.66 bits per heavy atom. The summed E-state index contributed by atoms with van der Waals surface area (Å²) in [5.41, 5.74) is 3.24. The minimum atomic E-state index is 0.0226. The van der Waals surface area contributed by atoms with Crippen molar-refractivity contribution in [2.24, 2.45) is 5.92 Å². The SMILES string of the molecule is Cc1ncc(N2C[C@@H]3CCN(C(=O)c4ccccc4-n4nccn4)C[C@@H]32)nc1C. The van der Waals surface area contributed by atoms with E-state index < -0.39 is 0 Å². The molecule has 2 atom stereocenters. The lowest BCUT2D eigenvalue weighted by atomic mass is 9.82. The number of para-hydroxylation sites is 1. The molecule has 8 heteroatoms. The van der Waals surface area contributed by atoms with E-state index in [9.17, 15) is 4.79 Å². The zero-order chi connectivity index (χ0) is 20.0. The Labute approximate surface area is 169 Å². The molecule has 2 aliphatic rings. The van der Waals surface area contributed by atoms with Crippen LogP contribution in [0.15, 0.2) is 42.9 Å². The van der Waals surface area contributed by atoms with Gasteiger partial charge in [-0.2, -0.15) is 15.0 Å². The lowest BCUT2D eigenvalue weighted by Crippen LogP contribution is -2.65. The predicted octanol–water partition coefficient (Wildman–Crippen LogP) is 2.03. The van der Waals surface area contributed by atoms with Gasteiger partial charge in [-0.25, -0.2) is 4.98 Å². The number of piperidine rings is 1. The number of carbonyl (C=O) groups is 1. The summed E-state index contributed by atoms with van der Waals surface area (Å²) >= 11 is 0. The first-order valence-electron chi connectivity index (χ1n) is 9.93. The Morgan fingerprint density at radius 1 is 1.07 bits per heavy atom. The number of anilines is 1. The van der Waals surface area contributed by atoms with Crippen molar-refractivity contribution in [3.63, 3.8) is 0 Å². The first-order valence-corrected chi connectivity index (χ1v) is 9.93. The van der Waals surface area contributed by atoms with Crippen molar-refractivity contribution in [2.45, 2.75) is 26.3 Å². The summed E-state index contributed by atoms with van der Waals surface area (Å²) in [5, 5.41) is 8.38. The number of benzene rings is 1. The van der Waals surface area contributed by atoms with E-state index in [4.69, 9.17) is 4.98 Å². The smallest absolute Gasteiger partial charge is 0.256 e. The Bertz CT molecular complexity index is 1050. The average Bonchev–Trinajstić information content (AvgIpc) is 3.26. The first-order chi connectivity index (χ1) is 14.1. The second kappa shape index (κ2) is 6.95. The topological polar surface area (TPSA) is 80.0 Å². The zero-order valence-electron chi connectivity index (χ0n) is 16.6. The number of aromatic nitrogens is 5. The largest absolute Gasteiger partial charge is 0.350 e. The van der Waals surface area contributed by atoms with E-state index in [-0.39, 0.29) is 5.91 Å². The maximum atomic E-state index is 13.3. The lowest BCUT2D eigenvalue weighted by Gasteiger charge is -2.54. The first kappa shape index (κ1) is 17.8.